The van der Waals surface area contributed by atoms with Gasteiger partial charge in [0.15, 0.2) is 0 Å². The second-order valence-electron chi connectivity index (χ2n) is 4.53. The molecule has 1 amide bonds. The van der Waals surface area contributed by atoms with Crippen LogP contribution in [0.5, 0.6) is 0 Å². The molecule has 0 aliphatic rings. The molecule has 5 nitrogen and oxygen atoms in total. The molecule has 0 spiro atoms. The first kappa shape index (κ1) is 15.9. The molecule has 0 heterocycles. The van der Waals surface area contributed by atoms with Gasteiger partial charge in [-0.2, -0.15) is 0 Å². The topological polar surface area (TPSA) is 92.4 Å². The van der Waals surface area contributed by atoms with Crippen LogP contribution in [0.2, 0.25) is 0 Å². The lowest BCUT2D eigenvalue weighted by Gasteiger charge is -2.14. The molecule has 0 aliphatic heterocycles. The van der Waals surface area contributed by atoms with Gasteiger partial charge in [-0.05, 0) is 25.7 Å². The van der Waals surface area contributed by atoms with Gasteiger partial charge in [0, 0.05) is 25.4 Å². The van der Waals surface area contributed by atoms with Gasteiger partial charge in [0.25, 0.3) is 0 Å². The molecule has 2 unspecified atom stereocenters. The molecule has 0 saturated carbocycles. The molecule has 0 fully saturated rings. The van der Waals surface area contributed by atoms with E-state index in [-0.39, 0.29) is 18.4 Å². The van der Waals surface area contributed by atoms with Crippen molar-refractivity contribution in [2.75, 3.05) is 6.54 Å². The molecule has 0 aromatic heterocycles. The van der Waals surface area contributed by atoms with Crippen LogP contribution >= 0.6 is 0 Å². The number of carbonyl (C=O) groups excluding carboxylic acids is 1. The summed E-state index contributed by atoms with van der Waals surface area (Å²) in [6, 6.07) is -0.121. The number of rotatable bonds is 9. The molecular formula is C12H24N2O3. The van der Waals surface area contributed by atoms with E-state index in [4.69, 9.17) is 10.8 Å². The molecule has 0 bridgehead atoms. The zero-order chi connectivity index (χ0) is 13.3. The summed E-state index contributed by atoms with van der Waals surface area (Å²) in [6.07, 6.45) is 2.98. The molecule has 0 aliphatic carbocycles. The van der Waals surface area contributed by atoms with E-state index in [0.717, 1.165) is 12.8 Å². The Morgan fingerprint density at radius 3 is 2.47 bits per heavy atom. The summed E-state index contributed by atoms with van der Waals surface area (Å²) in [7, 11) is 0. The first-order valence-corrected chi connectivity index (χ1v) is 6.19. The summed E-state index contributed by atoms with van der Waals surface area (Å²) in [5, 5.41) is 11.4. The molecular weight excluding hydrogens is 220 g/mol. The van der Waals surface area contributed by atoms with Gasteiger partial charge in [0.2, 0.25) is 5.91 Å². The number of aliphatic carboxylic acids is 1. The Morgan fingerprint density at radius 2 is 2.00 bits per heavy atom. The van der Waals surface area contributed by atoms with Crippen molar-refractivity contribution in [2.45, 2.75) is 52.0 Å². The number of nitrogens with one attached hydrogen (secondary N) is 1. The van der Waals surface area contributed by atoms with E-state index in [1.807, 2.05) is 6.92 Å². The summed E-state index contributed by atoms with van der Waals surface area (Å²) in [5.74, 6) is -0.431. The number of nitrogens with two attached hydrogens (primary N) is 1. The Morgan fingerprint density at radius 1 is 1.35 bits per heavy atom. The summed E-state index contributed by atoms with van der Waals surface area (Å²) >= 11 is 0. The average molecular weight is 244 g/mol. The van der Waals surface area contributed by atoms with Gasteiger partial charge < -0.3 is 16.2 Å². The minimum atomic E-state index is -0.760. The SMILES string of the molecule is CCC(CCNC(=O)CC(C)N)CCC(=O)O. The third-order valence-corrected chi connectivity index (χ3v) is 2.73. The largest absolute Gasteiger partial charge is 0.481 e. The van der Waals surface area contributed by atoms with E-state index in [0.29, 0.717) is 25.3 Å². The highest BCUT2D eigenvalue weighted by atomic mass is 16.4. The van der Waals surface area contributed by atoms with Gasteiger partial charge in [0.1, 0.15) is 0 Å². The van der Waals surface area contributed by atoms with Crippen LogP contribution in [0.4, 0.5) is 0 Å². The van der Waals surface area contributed by atoms with Crippen molar-refractivity contribution in [1.29, 1.82) is 0 Å². The van der Waals surface area contributed by atoms with Crippen molar-refractivity contribution >= 4 is 11.9 Å². The van der Waals surface area contributed by atoms with Crippen molar-refractivity contribution in [2.24, 2.45) is 11.7 Å². The smallest absolute Gasteiger partial charge is 0.303 e. The Labute approximate surface area is 103 Å². The van der Waals surface area contributed by atoms with E-state index in [2.05, 4.69) is 5.32 Å². The number of hydrogen-bond donors (Lipinski definition) is 3. The molecule has 17 heavy (non-hydrogen) atoms. The van der Waals surface area contributed by atoms with Crippen molar-refractivity contribution < 1.29 is 14.7 Å². The average Bonchev–Trinajstić information content (AvgIpc) is 2.21. The molecule has 4 N–H and O–H groups in total. The highest BCUT2D eigenvalue weighted by molar-refractivity contribution is 5.76. The highest BCUT2D eigenvalue weighted by Gasteiger charge is 2.10. The van der Waals surface area contributed by atoms with Gasteiger partial charge >= 0.3 is 5.97 Å². The zero-order valence-corrected chi connectivity index (χ0v) is 10.7. The van der Waals surface area contributed by atoms with Gasteiger partial charge in [-0.25, -0.2) is 0 Å². The monoisotopic (exact) mass is 244 g/mol. The summed E-state index contributed by atoms with van der Waals surface area (Å²) in [5.41, 5.74) is 5.51. The third kappa shape index (κ3) is 9.81. The van der Waals surface area contributed by atoms with E-state index in [9.17, 15) is 9.59 Å². The minimum absolute atomic E-state index is 0.0342. The molecule has 100 valence electrons. The van der Waals surface area contributed by atoms with Gasteiger partial charge in [0.05, 0.1) is 0 Å². The number of hydrogen-bond acceptors (Lipinski definition) is 3. The van der Waals surface area contributed by atoms with Crippen molar-refractivity contribution in [3.8, 4) is 0 Å². The molecule has 5 heteroatoms. The second kappa shape index (κ2) is 8.98. The molecule has 0 rings (SSSR count). The standard InChI is InChI=1S/C12H24N2O3/c1-3-10(4-5-12(16)17)6-7-14-11(15)8-9(2)13/h9-10H,3-8,13H2,1-2H3,(H,14,15)(H,16,17). The maximum atomic E-state index is 11.3. The predicted octanol–water partition coefficient (Wildman–Crippen LogP) is 1.12. The van der Waals surface area contributed by atoms with E-state index in [1.165, 1.54) is 0 Å². The summed E-state index contributed by atoms with van der Waals surface area (Å²) in [4.78, 5) is 21.7. The molecule has 2 atom stereocenters. The number of amides is 1. The van der Waals surface area contributed by atoms with Crippen molar-refractivity contribution in [1.82, 2.24) is 5.32 Å². The zero-order valence-electron chi connectivity index (χ0n) is 10.7. The number of carboxylic acid groups (broad SMARTS) is 1. The first-order valence-electron chi connectivity index (χ1n) is 6.19. The minimum Gasteiger partial charge on any atom is -0.481 e. The maximum absolute atomic E-state index is 11.3. The van der Waals surface area contributed by atoms with E-state index in [1.54, 1.807) is 6.92 Å². The predicted molar refractivity (Wildman–Crippen MR) is 66.5 cm³/mol. The second-order valence-corrected chi connectivity index (χ2v) is 4.53. The fourth-order valence-corrected chi connectivity index (χ4v) is 1.66. The third-order valence-electron chi connectivity index (χ3n) is 2.73. The van der Waals surface area contributed by atoms with Crippen LogP contribution in [-0.2, 0) is 9.59 Å². The maximum Gasteiger partial charge on any atom is 0.303 e. The van der Waals surface area contributed by atoms with E-state index < -0.39 is 5.97 Å². The van der Waals surface area contributed by atoms with Crippen molar-refractivity contribution in [3.63, 3.8) is 0 Å². The van der Waals surface area contributed by atoms with Gasteiger partial charge in [-0.1, -0.05) is 13.3 Å². The Bertz CT molecular complexity index is 242. The molecule has 0 saturated heterocycles. The molecule has 0 aromatic carbocycles. The Hall–Kier alpha value is -1.10. The fraction of sp³-hybridized carbons (Fsp3) is 0.833. The van der Waals surface area contributed by atoms with Crippen LogP contribution in [0.15, 0.2) is 0 Å². The lowest BCUT2D eigenvalue weighted by molar-refractivity contribution is -0.137. The highest BCUT2D eigenvalue weighted by Crippen LogP contribution is 2.14. The van der Waals surface area contributed by atoms with Crippen LogP contribution in [0.1, 0.15) is 46.0 Å². The van der Waals surface area contributed by atoms with Crippen LogP contribution in [0.3, 0.4) is 0 Å². The quantitative estimate of drug-likeness (QED) is 0.566. The normalized spacial score (nSPS) is 14.1. The number of carbonyl (C=O) groups is 2. The molecule has 0 aromatic rings. The van der Waals surface area contributed by atoms with Crippen LogP contribution in [0, 0.1) is 5.92 Å². The van der Waals surface area contributed by atoms with Gasteiger partial charge in [-0.3, -0.25) is 9.59 Å². The Kier molecular flexibility index (Phi) is 8.40. The lowest BCUT2D eigenvalue weighted by atomic mass is 9.96. The molecule has 0 radical (unpaired) electrons. The van der Waals surface area contributed by atoms with Gasteiger partial charge in [-0.15, -0.1) is 0 Å². The van der Waals surface area contributed by atoms with Crippen LogP contribution in [-0.4, -0.2) is 29.6 Å². The summed E-state index contributed by atoms with van der Waals surface area (Å²) in [6.45, 7) is 4.43. The van der Waals surface area contributed by atoms with Crippen LogP contribution < -0.4 is 11.1 Å². The number of carboxylic acids is 1. The van der Waals surface area contributed by atoms with Crippen molar-refractivity contribution in [3.05, 3.63) is 0 Å². The van der Waals surface area contributed by atoms with Crippen LogP contribution in [0.25, 0.3) is 0 Å². The fourth-order valence-electron chi connectivity index (χ4n) is 1.66. The van der Waals surface area contributed by atoms with E-state index >= 15 is 0 Å². The lowest BCUT2D eigenvalue weighted by Crippen LogP contribution is -2.31. The first-order chi connectivity index (χ1) is 7.95. The Balaban J connectivity index is 3.68. The summed E-state index contributed by atoms with van der Waals surface area (Å²) < 4.78 is 0.